The topological polar surface area (TPSA) is 29.5 Å². The van der Waals surface area contributed by atoms with Crippen LogP contribution in [0, 0.1) is 0 Å². The van der Waals surface area contributed by atoms with Gasteiger partial charge in [0.2, 0.25) is 0 Å². The molecule has 0 heterocycles. The van der Waals surface area contributed by atoms with E-state index in [0.29, 0.717) is 11.7 Å². The average Bonchev–Trinajstić information content (AvgIpc) is 2.15. The maximum Gasteiger partial charge on any atom is 0.169 e. The Hall–Kier alpha value is -1.02. The van der Waals surface area contributed by atoms with Crippen LogP contribution in [-0.2, 0) is 5.41 Å². The highest BCUT2D eigenvalue weighted by Crippen LogP contribution is 2.37. The molecule has 0 atom stereocenters. The molecule has 0 amide bonds. The van der Waals surface area contributed by atoms with Gasteiger partial charge in [-0.25, -0.2) is 5.26 Å². The summed E-state index contributed by atoms with van der Waals surface area (Å²) in [6.07, 6.45) is 0. The number of hydrogen-bond acceptors (Lipinski definition) is 2. The SMILES string of the molecule is CC(C)c1cccc(OO)c1C(C)(C)C. The first-order valence-corrected chi connectivity index (χ1v) is 5.32. The molecular formula is C13H20O2. The lowest BCUT2D eigenvalue weighted by Crippen LogP contribution is -2.16. The summed E-state index contributed by atoms with van der Waals surface area (Å²) in [5.41, 5.74) is 2.29. The van der Waals surface area contributed by atoms with Crippen LogP contribution in [0.4, 0.5) is 0 Å². The number of rotatable bonds is 2. The molecule has 0 aliphatic heterocycles. The smallest absolute Gasteiger partial charge is 0.169 e. The normalized spacial score (nSPS) is 11.9. The molecule has 0 aliphatic carbocycles. The Bertz CT molecular complexity index is 335. The fourth-order valence-corrected chi connectivity index (χ4v) is 1.91. The minimum Gasteiger partial charge on any atom is -0.340 e. The molecule has 0 radical (unpaired) electrons. The Balaban J connectivity index is 3.41. The molecule has 0 fully saturated rings. The van der Waals surface area contributed by atoms with E-state index in [1.165, 1.54) is 5.56 Å². The highest BCUT2D eigenvalue weighted by molar-refractivity contribution is 5.45. The molecule has 0 aromatic heterocycles. The fraction of sp³-hybridized carbons (Fsp3) is 0.538. The van der Waals surface area contributed by atoms with Crippen LogP contribution in [0.3, 0.4) is 0 Å². The van der Waals surface area contributed by atoms with Crippen molar-refractivity contribution in [3.63, 3.8) is 0 Å². The van der Waals surface area contributed by atoms with E-state index in [2.05, 4.69) is 45.6 Å². The molecule has 0 aliphatic rings. The van der Waals surface area contributed by atoms with Crippen LogP contribution in [-0.4, -0.2) is 5.26 Å². The largest absolute Gasteiger partial charge is 0.340 e. The summed E-state index contributed by atoms with van der Waals surface area (Å²) in [5.74, 6) is 0.989. The number of hydrogen-bond donors (Lipinski definition) is 1. The van der Waals surface area contributed by atoms with E-state index in [0.717, 1.165) is 5.56 Å². The van der Waals surface area contributed by atoms with Crippen LogP contribution in [0.5, 0.6) is 5.75 Å². The number of benzene rings is 1. The second-order valence-electron chi connectivity index (χ2n) is 5.22. The van der Waals surface area contributed by atoms with Gasteiger partial charge in [-0.1, -0.05) is 46.8 Å². The molecule has 0 saturated heterocycles. The van der Waals surface area contributed by atoms with Gasteiger partial charge >= 0.3 is 0 Å². The predicted octanol–water partition coefficient (Wildman–Crippen LogP) is 3.96. The summed E-state index contributed by atoms with van der Waals surface area (Å²) in [6, 6.07) is 5.80. The zero-order valence-electron chi connectivity index (χ0n) is 10.2. The lowest BCUT2D eigenvalue weighted by atomic mass is 9.80. The van der Waals surface area contributed by atoms with Gasteiger partial charge in [-0.15, -0.1) is 0 Å². The van der Waals surface area contributed by atoms with Crippen molar-refractivity contribution >= 4 is 0 Å². The molecule has 2 heteroatoms. The van der Waals surface area contributed by atoms with Crippen molar-refractivity contribution in [2.24, 2.45) is 0 Å². The van der Waals surface area contributed by atoms with Crippen molar-refractivity contribution in [1.82, 2.24) is 0 Å². The van der Waals surface area contributed by atoms with Crippen LogP contribution in [0.1, 0.15) is 51.7 Å². The second-order valence-corrected chi connectivity index (χ2v) is 5.22. The van der Waals surface area contributed by atoms with Gasteiger partial charge in [0.15, 0.2) is 5.75 Å². The van der Waals surface area contributed by atoms with E-state index in [1.54, 1.807) is 6.07 Å². The van der Waals surface area contributed by atoms with Crippen molar-refractivity contribution in [1.29, 1.82) is 0 Å². The molecule has 1 aromatic rings. The summed E-state index contributed by atoms with van der Waals surface area (Å²) in [6.45, 7) is 10.7. The minimum absolute atomic E-state index is 0.0288. The molecule has 0 unspecified atom stereocenters. The Labute approximate surface area is 91.8 Å². The Kier molecular flexibility index (Phi) is 3.40. The summed E-state index contributed by atoms with van der Waals surface area (Å²) < 4.78 is 0. The molecule has 84 valence electrons. The van der Waals surface area contributed by atoms with Gasteiger partial charge < -0.3 is 4.89 Å². The zero-order chi connectivity index (χ0) is 11.6. The fourth-order valence-electron chi connectivity index (χ4n) is 1.91. The van der Waals surface area contributed by atoms with Crippen LogP contribution in [0.15, 0.2) is 18.2 Å². The van der Waals surface area contributed by atoms with E-state index in [-0.39, 0.29) is 5.41 Å². The second kappa shape index (κ2) is 4.23. The van der Waals surface area contributed by atoms with Crippen molar-refractivity contribution in [3.05, 3.63) is 29.3 Å². The third-order valence-electron chi connectivity index (χ3n) is 2.53. The Morgan fingerprint density at radius 1 is 1.20 bits per heavy atom. The highest BCUT2D eigenvalue weighted by Gasteiger charge is 2.24. The summed E-state index contributed by atoms with van der Waals surface area (Å²) >= 11 is 0. The van der Waals surface area contributed by atoms with E-state index >= 15 is 0 Å². The van der Waals surface area contributed by atoms with Gasteiger partial charge in [-0.05, 0) is 23.0 Å². The molecule has 1 rings (SSSR count). The maximum atomic E-state index is 8.89. The minimum atomic E-state index is -0.0288. The van der Waals surface area contributed by atoms with Crippen LogP contribution in [0.2, 0.25) is 0 Å². The first-order chi connectivity index (χ1) is 6.88. The summed E-state index contributed by atoms with van der Waals surface area (Å²) in [4.78, 5) is 4.46. The zero-order valence-corrected chi connectivity index (χ0v) is 10.2. The molecule has 1 N–H and O–H groups in total. The van der Waals surface area contributed by atoms with Crippen molar-refractivity contribution in [2.45, 2.75) is 46.0 Å². The standard InChI is InChI=1S/C13H20O2/c1-9(2)10-7-6-8-11(15-14)12(10)13(3,4)5/h6-9,14H,1-5H3. The van der Waals surface area contributed by atoms with Crippen LogP contribution < -0.4 is 4.89 Å². The van der Waals surface area contributed by atoms with E-state index < -0.39 is 0 Å². The maximum absolute atomic E-state index is 8.89. The molecule has 1 aromatic carbocycles. The highest BCUT2D eigenvalue weighted by atomic mass is 17.1. The summed E-state index contributed by atoms with van der Waals surface area (Å²) in [5, 5.41) is 8.89. The first kappa shape index (κ1) is 12.1. The van der Waals surface area contributed by atoms with Crippen LogP contribution in [0.25, 0.3) is 0 Å². The Morgan fingerprint density at radius 2 is 1.80 bits per heavy atom. The van der Waals surface area contributed by atoms with E-state index in [9.17, 15) is 0 Å². The van der Waals surface area contributed by atoms with E-state index in [4.69, 9.17) is 5.26 Å². The molecule has 15 heavy (non-hydrogen) atoms. The van der Waals surface area contributed by atoms with Gasteiger partial charge in [0, 0.05) is 5.56 Å². The van der Waals surface area contributed by atoms with Crippen molar-refractivity contribution in [2.75, 3.05) is 0 Å². The van der Waals surface area contributed by atoms with E-state index in [1.807, 2.05) is 6.07 Å². The summed E-state index contributed by atoms with van der Waals surface area (Å²) in [7, 11) is 0. The molecule has 0 bridgehead atoms. The van der Waals surface area contributed by atoms with Crippen molar-refractivity contribution in [3.8, 4) is 5.75 Å². The third kappa shape index (κ3) is 2.51. The van der Waals surface area contributed by atoms with Gasteiger partial charge in [-0.2, -0.15) is 0 Å². The molecule has 2 nitrogen and oxygen atoms in total. The van der Waals surface area contributed by atoms with Gasteiger partial charge in [0.25, 0.3) is 0 Å². The average molecular weight is 208 g/mol. The lowest BCUT2D eigenvalue weighted by Gasteiger charge is -2.26. The quantitative estimate of drug-likeness (QED) is 0.589. The molecule has 0 spiro atoms. The lowest BCUT2D eigenvalue weighted by molar-refractivity contribution is -0.138. The van der Waals surface area contributed by atoms with Crippen LogP contribution >= 0.6 is 0 Å². The van der Waals surface area contributed by atoms with Gasteiger partial charge in [0.1, 0.15) is 0 Å². The van der Waals surface area contributed by atoms with Gasteiger partial charge in [0.05, 0.1) is 0 Å². The Morgan fingerprint density at radius 3 is 2.20 bits per heavy atom. The monoisotopic (exact) mass is 208 g/mol. The molecular weight excluding hydrogens is 188 g/mol. The first-order valence-electron chi connectivity index (χ1n) is 5.32. The molecule has 0 saturated carbocycles. The van der Waals surface area contributed by atoms with Crippen molar-refractivity contribution < 1.29 is 10.1 Å². The van der Waals surface area contributed by atoms with Gasteiger partial charge in [-0.3, -0.25) is 0 Å². The third-order valence-corrected chi connectivity index (χ3v) is 2.53. The predicted molar refractivity (Wildman–Crippen MR) is 62.5 cm³/mol.